The first-order chi connectivity index (χ1) is 9.02. The second kappa shape index (κ2) is 6.79. The predicted octanol–water partition coefficient (Wildman–Crippen LogP) is 2.34. The van der Waals surface area contributed by atoms with E-state index in [4.69, 9.17) is 21.4 Å². The van der Waals surface area contributed by atoms with Gasteiger partial charge in [-0.05, 0) is 18.6 Å². The molecule has 0 unspecified atom stereocenters. The highest BCUT2D eigenvalue weighted by Crippen LogP contribution is 2.37. The van der Waals surface area contributed by atoms with E-state index < -0.39 is 16.6 Å². The van der Waals surface area contributed by atoms with Crippen molar-refractivity contribution in [1.82, 2.24) is 0 Å². The van der Waals surface area contributed by atoms with E-state index >= 15 is 0 Å². The van der Waals surface area contributed by atoms with E-state index in [9.17, 15) is 14.9 Å². The standard InChI is InChI=1S/C11H13ClN2O5/c1-19-8-4-3-7(11(15)16)9(10(8)14(17)18)13-6-2-5-12/h3-4,13H,2,5-6H2,1H3,(H,15,16). The van der Waals surface area contributed by atoms with Gasteiger partial charge < -0.3 is 15.2 Å². The average molecular weight is 289 g/mol. The van der Waals surface area contributed by atoms with Gasteiger partial charge in [0.2, 0.25) is 0 Å². The number of aromatic carboxylic acids is 1. The molecule has 2 N–H and O–H groups in total. The number of nitro benzene ring substituents is 1. The monoisotopic (exact) mass is 288 g/mol. The van der Waals surface area contributed by atoms with Gasteiger partial charge in [-0.2, -0.15) is 0 Å². The Bertz CT molecular complexity index is 492. The van der Waals surface area contributed by atoms with Crippen LogP contribution in [0.15, 0.2) is 12.1 Å². The Balaban J connectivity index is 3.31. The van der Waals surface area contributed by atoms with Gasteiger partial charge in [-0.15, -0.1) is 11.6 Å². The molecule has 0 saturated heterocycles. The van der Waals surface area contributed by atoms with Gasteiger partial charge in [-0.3, -0.25) is 10.1 Å². The summed E-state index contributed by atoms with van der Waals surface area (Å²) in [7, 11) is 1.28. The Morgan fingerprint density at radius 1 is 1.58 bits per heavy atom. The molecule has 104 valence electrons. The zero-order valence-corrected chi connectivity index (χ0v) is 10.9. The van der Waals surface area contributed by atoms with Gasteiger partial charge in [-0.25, -0.2) is 4.79 Å². The molecule has 1 rings (SSSR count). The lowest BCUT2D eigenvalue weighted by molar-refractivity contribution is -0.384. The van der Waals surface area contributed by atoms with Crippen LogP contribution in [0.2, 0.25) is 0 Å². The summed E-state index contributed by atoms with van der Waals surface area (Å²) >= 11 is 5.52. The lowest BCUT2D eigenvalue weighted by Crippen LogP contribution is -2.11. The number of carboxylic acid groups (broad SMARTS) is 1. The van der Waals surface area contributed by atoms with Gasteiger partial charge in [0.05, 0.1) is 17.6 Å². The number of hydrogen-bond donors (Lipinski definition) is 2. The second-order valence-corrected chi connectivity index (χ2v) is 3.95. The Hall–Kier alpha value is -2.02. The van der Waals surface area contributed by atoms with Gasteiger partial charge in [0.25, 0.3) is 0 Å². The maximum absolute atomic E-state index is 11.1. The van der Waals surface area contributed by atoms with Crippen molar-refractivity contribution in [2.24, 2.45) is 0 Å². The Morgan fingerprint density at radius 3 is 2.74 bits per heavy atom. The summed E-state index contributed by atoms with van der Waals surface area (Å²) in [5, 5.41) is 22.9. The van der Waals surface area contributed by atoms with Crippen molar-refractivity contribution in [3.8, 4) is 5.75 Å². The minimum absolute atomic E-state index is 0.00312. The molecule has 0 aliphatic heterocycles. The smallest absolute Gasteiger partial charge is 0.338 e. The number of nitro groups is 1. The summed E-state index contributed by atoms with van der Waals surface area (Å²) in [6.45, 7) is 0.331. The number of methoxy groups -OCH3 is 1. The van der Waals surface area contributed by atoms with Crippen LogP contribution in [0.25, 0.3) is 0 Å². The third kappa shape index (κ3) is 3.47. The molecule has 0 aromatic heterocycles. The molecule has 19 heavy (non-hydrogen) atoms. The zero-order valence-electron chi connectivity index (χ0n) is 10.2. The normalized spacial score (nSPS) is 10.0. The van der Waals surface area contributed by atoms with Gasteiger partial charge in [0, 0.05) is 12.4 Å². The molecular weight excluding hydrogens is 276 g/mol. The second-order valence-electron chi connectivity index (χ2n) is 3.57. The number of nitrogens with zero attached hydrogens (tertiary/aromatic N) is 1. The van der Waals surface area contributed by atoms with E-state index in [1.54, 1.807) is 0 Å². The Morgan fingerprint density at radius 2 is 2.26 bits per heavy atom. The fourth-order valence-electron chi connectivity index (χ4n) is 1.56. The van der Waals surface area contributed by atoms with Gasteiger partial charge in [0.15, 0.2) is 5.75 Å². The fourth-order valence-corrected chi connectivity index (χ4v) is 1.69. The molecule has 0 radical (unpaired) electrons. The van der Waals surface area contributed by atoms with Crippen LogP contribution in [0.1, 0.15) is 16.8 Å². The molecule has 7 nitrogen and oxygen atoms in total. The molecule has 0 bridgehead atoms. The van der Waals surface area contributed by atoms with Crippen molar-refractivity contribution >= 4 is 28.9 Å². The summed E-state index contributed by atoms with van der Waals surface area (Å²) in [5.74, 6) is -0.879. The number of benzene rings is 1. The maximum Gasteiger partial charge on any atom is 0.338 e. The highest BCUT2D eigenvalue weighted by atomic mass is 35.5. The topological polar surface area (TPSA) is 102 Å². The quantitative estimate of drug-likeness (QED) is 0.345. The minimum atomic E-state index is -1.25. The van der Waals surface area contributed by atoms with Crippen LogP contribution in [0.3, 0.4) is 0 Å². The molecule has 1 aromatic rings. The zero-order chi connectivity index (χ0) is 14.4. The van der Waals surface area contributed by atoms with Crippen molar-refractivity contribution < 1.29 is 19.6 Å². The van der Waals surface area contributed by atoms with Gasteiger partial charge >= 0.3 is 11.7 Å². The first-order valence-electron chi connectivity index (χ1n) is 5.41. The Labute approximate surface area is 114 Å². The lowest BCUT2D eigenvalue weighted by atomic mass is 10.1. The van der Waals surface area contributed by atoms with Crippen LogP contribution in [0, 0.1) is 10.1 Å². The highest BCUT2D eigenvalue weighted by Gasteiger charge is 2.26. The van der Waals surface area contributed by atoms with Crippen LogP contribution in [0.4, 0.5) is 11.4 Å². The minimum Gasteiger partial charge on any atom is -0.490 e. The summed E-state index contributed by atoms with van der Waals surface area (Å²) in [6, 6.07) is 2.52. The predicted molar refractivity (Wildman–Crippen MR) is 70.4 cm³/mol. The summed E-state index contributed by atoms with van der Waals surface area (Å²) in [5.41, 5.74) is -0.638. The van der Waals surface area contributed by atoms with Crippen LogP contribution in [0.5, 0.6) is 5.75 Å². The van der Waals surface area contributed by atoms with Crippen LogP contribution < -0.4 is 10.1 Å². The SMILES string of the molecule is COc1ccc(C(=O)O)c(NCCCCl)c1[N+](=O)[O-]. The molecular formula is C11H13ClN2O5. The molecule has 1 aromatic carbocycles. The third-order valence-corrected chi connectivity index (χ3v) is 2.65. The van der Waals surface area contributed by atoms with Crippen molar-refractivity contribution in [2.75, 3.05) is 24.9 Å². The van der Waals surface area contributed by atoms with E-state index in [0.717, 1.165) is 0 Å². The van der Waals surface area contributed by atoms with Gasteiger partial charge in [0.1, 0.15) is 5.69 Å². The van der Waals surface area contributed by atoms with E-state index in [2.05, 4.69) is 5.32 Å². The number of rotatable bonds is 7. The summed E-state index contributed by atoms with van der Waals surface area (Å²) in [4.78, 5) is 21.5. The number of alkyl halides is 1. The molecule has 0 heterocycles. The molecule has 0 aliphatic rings. The molecule has 8 heteroatoms. The van der Waals surface area contributed by atoms with Crippen molar-refractivity contribution in [1.29, 1.82) is 0 Å². The van der Waals surface area contributed by atoms with E-state index in [0.29, 0.717) is 18.8 Å². The number of anilines is 1. The Kier molecular flexibility index (Phi) is 5.37. The first-order valence-corrected chi connectivity index (χ1v) is 5.94. The highest BCUT2D eigenvalue weighted by molar-refractivity contribution is 6.17. The molecule has 0 saturated carbocycles. The molecule has 0 fully saturated rings. The molecule has 0 atom stereocenters. The van der Waals surface area contributed by atoms with Crippen molar-refractivity contribution in [3.05, 3.63) is 27.8 Å². The number of carboxylic acids is 1. The van der Waals surface area contributed by atoms with E-state index in [1.165, 1.54) is 19.2 Å². The summed E-state index contributed by atoms with van der Waals surface area (Å²) in [6.07, 6.45) is 0.551. The maximum atomic E-state index is 11.1. The number of carbonyl (C=O) groups is 1. The lowest BCUT2D eigenvalue weighted by Gasteiger charge is -2.11. The van der Waals surface area contributed by atoms with E-state index in [-0.39, 0.29) is 17.0 Å². The van der Waals surface area contributed by atoms with Crippen LogP contribution in [-0.4, -0.2) is 35.5 Å². The van der Waals surface area contributed by atoms with Crippen LogP contribution in [-0.2, 0) is 0 Å². The number of ether oxygens (including phenoxy) is 1. The average Bonchev–Trinajstić information content (AvgIpc) is 2.37. The van der Waals surface area contributed by atoms with Crippen molar-refractivity contribution in [3.63, 3.8) is 0 Å². The number of halogens is 1. The largest absolute Gasteiger partial charge is 0.490 e. The third-order valence-electron chi connectivity index (χ3n) is 2.39. The molecule has 0 aliphatic carbocycles. The fraction of sp³-hybridized carbons (Fsp3) is 0.364. The van der Waals surface area contributed by atoms with Gasteiger partial charge in [-0.1, -0.05) is 0 Å². The van der Waals surface area contributed by atoms with Crippen LogP contribution >= 0.6 is 11.6 Å². The summed E-state index contributed by atoms with van der Waals surface area (Å²) < 4.78 is 4.89. The number of hydrogen-bond acceptors (Lipinski definition) is 5. The number of nitrogens with one attached hydrogen (secondary N) is 1. The molecule has 0 amide bonds. The molecule has 0 spiro atoms. The van der Waals surface area contributed by atoms with E-state index in [1.807, 2.05) is 0 Å². The first kappa shape index (κ1) is 15.0. The van der Waals surface area contributed by atoms with Crippen molar-refractivity contribution in [2.45, 2.75) is 6.42 Å².